The molecule has 0 unspecified atom stereocenters. The summed E-state index contributed by atoms with van der Waals surface area (Å²) in [5.74, 6) is 0. The van der Waals surface area contributed by atoms with Crippen LogP contribution in [-0.2, 0) is 4.57 Å². The summed E-state index contributed by atoms with van der Waals surface area (Å²) < 4.78 is 12.4. The molecule has 106 valence electrons. The third-order valence-corrected chi connectivity index (χ3v) is 5.84. The van der Waals surface area contributed by atoms with E-state index in [1.807, 2.05) is 54.6 Å². The van der Waals surface area contributed by atoms with Gasteiger partial charge in [-0.1, -0.05) is 66.7 Å². The van der Waals surface area contributed by atoms with Crippen LogP contribution >= 0.6 is 17.7 Å². The largest absolute Gasteiger partial charge is 0.296 e. The topological polar surface area (TPSA) is 30.0 Å². The van der Waals surface area contributed by atoms with Crippen molar-refractivity contribution >= 4 is 28.3 Å². The van der Waals surface area contributed by atoms with Gasteiger partial charge in [0.25, 0.3) is 0 Å². The Morgan fingerprint density at radius 3 is 1.33 bits per heavy atom. The van der Waals surface area contributed by atoms with Crippen LogP contribution in [0.4, 0.5) is 0 Å². The molecule has 0 bridgehead atoms. The van der Waals surface area contributed by atoms with Gasteiger partial charge in [-0.05, 0) is 23.4 Å². The number of aromatic nitrogens is 1. The maximum absolute atomic E-state index is 12.4. The van der Waals surface area contributed by atoms with Crippen LogP contribution in [0.15, 0.2) is 91.3 Å². The lowest BCUT2D eigenvalue weighted by molar-refractivity contribution is 0.595. The second kappa shape index (κ2) is 7.78. The maximum Gasteiger partial charge on any atom is 0.225 e. The first-order valence-corrected chi connectivity index (χ1v) is 9.08. The van der Waals surface area contributed by atoms with E-state index in [-0.39, 0.29) is 0 Å². The van der Waals surface area contributed by atoms with Crippen molar-refractivity contribution in [3.05, 3.63) is 91.3 Å². The average Bonchev–Trinajstić information content (AvgIpc) is 2.59. The molecule has 0 atom stereocenters. The fourth-order valence-corrected chi connectivity index (χ4v) is 3.79. The molecule has 4 heteroatoms. The molecular formula is C17H15ClNOP. The molecular weight excluding hydrogens is 301 g/mol. The van der Waals surface area contributed by atoms with Gasteiger partial charge in [-0.3, -0.25) is 9.55 Å². The van der Waals surface area contributed by atoms with Crippen molar-refractivity contribution in [2.24, 2.45) is 0 Å². The SMILES string of the molecule is O=P(Cl)(c1ccccc1)c1ccccc1.c1ccncc1. The first kappa shape index (κ1) is 15.5. The molecule has 0 N–H and O–H groups in total. The molecule has 0 aliphatic heterocycles. The van der Waals surface area contributed by atoms with Crippen molar-refractivity contribution in [2.75, 3.05) is 0 Å². The van der Waals surface area contributed by atoms with Crippen LogP contribution in [0.2, 0.25) is 0 Å². The van der Waals surface area contributed by atoms with Gasteiger partial charge in [0.15, 0.2) is 0 Å². The minimum absolute atomic E-state index is 0.679. The van der Waals surface area contributed by atoms with Gasteiger partial charge in [-0.15, -0.1) is 0 Å². The molecule has 2 aromatic carbocycles. The average molecular weight is 316 g/mol. The Morgan fingerprint density at radius 2 is 1.05 bits per heavy atom. The summed E-state index contributed by atoms with van der Waals surface area (Å²) in [6.45, 7) is -2.93. The highest BCUT2D eigenvalue weighted by molar-refractivity contribution is 8.00. The van der Waals surface area contributed by atoms with Gasteiger partial charge >= 0.3 is 0 Å². The zero-order chi connectivity index (χ0) is 15.0. The monoisotopic (exact) mass is 315 g/mol. The third kappa shape index (κ3) is 4.56. The van der Waals surface area contributed by atoms with Gasteiger partial charge in [-0.2, -0.15) is 0 Å². The first-order valence-electron chi connectivity index (χ1n) is 6.47. The molecule has 0 saturated heterocycles. The fraction of sp³-hybridized carbons (Fsp3) is 0. The van der Waals surface area contributed by atoms with E-state index in [0.717, 1.165) is 0 Å². The number of rotatable bonds is 2. The lowest BCUT2D eigenvalue weighted by Crippen LogP contribution is -2.11. The van der Waals surface area contributed by atoms with Crippen molar-refractivity contribution in [3.8, 4) is 0 Å². The molecule has 0 saturated carbocycles. The molecule has 0 amide bonds. The highest BCUT2D eigenvalue weighted by atomic mass is 35.7. The molecule has 0 radical (unpaired) electrons. The van der Waals surface area contributed by atoms with Crippen molar-refractivity contribution in [1.29, 1.82) is 0 Å². The van der Waals surface area contributed by atoms with Crippen molar-refractivity contribution in [1.82, 2.24) is 4.98 Å². The number of benzene rings is 2. The maximum atomic E-state index is 12.4. The van der Waals surface area contributed by atoms with Crippen LogP contribution in [-0.4, -0.2) is 4.98 Å². The predicted molar refractivity (Wildman–Crippen MR) is 89.8 cm³/mol. The van der Waals surface area contributed by atoms with Crippen LogP contribution < -0.4 is 10.6 Å². The van der Waals surface area contributed by atoms with E-state index >= 15 is 0 Å². The Morgan fingerprint density at radius 1 is 0.667 bits per heavy atom. The molecule has 0 aliphatic carbocycles. The molecule has 0 spiro atoms. The normalized spacial score (nSPS) is 10.3. The van der Waals surface area contributed by atoms with E-state index in [1.54, 1.807) is 36.7 Å². The quantitative estimate of drug-likeness (QED) is 0.662. The van der Waals surface area contributed by atoms with Gasteiger partial charge < -0.3 is 0 Å². The summed E-state index contributed by atoms with van der Waals surface area (Å²) >= 11 is 6.14. The highest BCUT2D eigenvalue weighted by Crippen LogP contribution is 2.48. The summed E-state index contributed by atoms with van der Waals surface area (Å²) in [4.78, 5) is 3.78. The Bertz CT molecular complexity index is 620. The number of hydrogen-bond donors (Lipinski definition) is 0. The molecule has 2 nitrogen and oxygen atoms in total. The Labute approximate surface area is 129 Å². The third-order valence-electron chi connectivity index (χ3n) is 2.74. The van der Waals surface area contributed by atoms with Crippen molar-refractivity contribution in [2.45, 2.75) is 0 Å². The lowest BCUT2D eigenvalue weighted by Gasteiger charge is -2.10. The zero-order valence-corrected chi connectivity index (χ0v) is 13.0. The van der Waals surface area contributed by atoms with Gasteiger partial charge in [0, 0.05) is 23.0 Å². The first-order chi connectivity index (χ1) is 10.2. The lowest BCUT2D eigenvalue weighted by atomic mass is 10.4. The Hall–Kier alpha value is -1.89. The number of pyridine rings is 1. The molecule has 3 aromatic rings. The minimum Gasteiger partial charge on any atom is -0.296 e. The van der Waals surface area contributed by atoms with Crippen LogP contribution in [0.1, 0.15) is 0 Å². The van der Waals surface area contributed by atoms with E-state index in [2.05, 4.69) is 4.98 Å². The minimum atomic E-state index is -2.93. The predicted octanol–water partition coefficient (Wildman–Crippen LogP) is 4.24. The van der Waals surface area contributed by atoms with E-state index in [1.165, 1.54) is 0 Å². The van der Waals surface area contributed by atoms with E-state index in [0.29, 0.717) is 10.6 Å². The van der Waals surface area contributed by atoms with Gasteiger partial charge in [0.2, 0.25) is 6.49 Å². The van der Waals surface area contributed by atoms with E-state index in [9.17, 15) is 4.57 Å². The summed E-state index contributed by atoms with van der Waals surface area (Å²) in [6, 6.07) is 24.0. The van der Waals surface area contributed by atoms with Gasteiger partial charge in [-0.25, -0.2) is 0 Å². The Kier molecular flexibility index (Phi) is 5.74. The molecule has 1 heterocycles. The smallest absolute Gasteiger partial charge is 0.225 e. The Balaban J connectivity index is 0.000000225. The standard InChI is InChI=1S/C12H10ClOP.C5H5N/c13-15(14,11-7-3-1-4-8-11)12-9-5-2-6-10-12;1-2-4-6-5-3-1/h1-10H;1-5H. The van der Waals surface area contributed by atoms with Crippen LogP contribution in [0.3, 0.4) is 0 Å². The zero-order valence-electron chi connectivity index (χ0n) is 11.3. The number of nitrogens with zero attached hydrogens (tertiary/aromatic N) is 1. The molecule has 0 aliphatic rings. The molecule has 21 heavy (non-hydrogen) atoms. The molecule has 3 rings (SSSR count). The van der Waals surface area contributed by atoms with Crippen LogP contribution in [0, 0.1) is 0 Å². The van der Waals surface area contributed by atoms with E-state index < -0.39 is 6.49 Å². The van der Waals surface area contributed by atoms with Crippen LogP contribution in [0.25, 0.3) is 0 Å². The van der Waals surface area contributed by atoms with E-state index in [4.69, 9.17) is 11.2 Å². The van der Waals surface area contributed by atoms with Gasteiger partial charge in [0.05, 0.1) is 0 Å². The molecule has 0 fully saturated rings. The number of hydrogen-bond acceptors (Lipinski definition) is 2. The van der Waals surface area contributed by atoms with Crippen molar-refractivity contribution in [3.63, 3.8) is 0 Å². The highest BCUT2D eigenvalue weighted by Gasteiger charge is 2.23. The van der Waals surface area contributed by atoms with Crippen molar-refractivity contribution < 1.29 is 4.57 Å². The summed E-state index contributed by atoms with van der Waals surface area (Å²) in [5, 5.41) is 1.36. The second-order valence-electron chi connectivity index (χ2n) is 4.23. The number of halogens is 1. The summed E-state index contributed by atoms with van der Waals surface area (Å²) in [7, 11) is 0. The summed E-state index contributed by atoms with van der Waals surface area (Å²) in [5.41, 5.74) is 0. The second-order valence-corrected chi connectivity index (χ2v) is 7.75. The summed E-state index contributed by atoms with van der Waals surface area (Å²) in [6.07, 6.45) is 3.50. The van der Waals surface area contributed by atoms with Crippen LogP contribution in [0.5, 0.6) is 0 Å². The molecule has 1 aromatic heterocycles. The fourth-order valence-electron chi connectivity index (χ4n) is 1.70. The van der Waals surface area contributed by atoms with Gasteiger partial charge in [0.1, 0.15) is 0 Å².